The molecule has 0 spiro atoms. The summed E-state index contributed by atoms with van der Waals surface area (Å²) in [6.07, 6.45) is 0. The van der Waals surface area contributed by atoms with Crippen molar-refractivity contribution in [2.45, 2.75) is 11.8 Å². The van der Waals surface area contributed by atoms with Crippen molar-refractivity contribution < 1.29 is 13.2 Å². The predicted molar refractivity (Wildman–Crippen MR) is 65.2 cm³/mol. The quantitative estimate of drug-likeness (QED) is 0.833. The number of benzene rings is 1. The Kier molecular flexibility index (Phi) is 3.37. The first kappa shape index (κ1) is 12.3. The summed E-state index contributed by atoms with van der Waals surface area (Å²) in [6.45, 7) is 1.78. The maximum Gasteiger partial charge on any atom is 0.214 e. The van der Waals surface area contributed by atoms with Gasteiger partial charge < -0.3 is 4.74 Å². The van der Waals surface area contributed by atoms with E-state index in [1.807, 2.05) is 24.3 Å². The van der Waals surface area contributed by atoms with Crippen molar-refractivity contribution in [3.05, 3.63) is 29.8 Å². The lowest BCUT2D eigenvalue weighted by atomic mass is 10.1. The molecular formula is C11H16N2O3S. The van der Waals surface area contributed by atoms with Crippen LogP contribution in [-0.2, 0) is 16.6 Å². The lowest BCUT2D eigenvalue weighted by molar-refractivity contribution is 0.176. The third-order valence-corrected chi connectivity index (χ3v) is 4.18. The van der Waals surface area contributed by atoms with Gasteiger partial charge in [-0.05, 0) is 17.7 Å². The van der Waals surface area contributed by atoms with Crippen molar-refractivity contribution >= 4 is 10.0 Å². The van der Waals surface area contributed by atoms with Gasteiger partial charge in [-0.2, -0.15) is 0 Å². The van der Waals surface area contributed by atoms with Crippen LogP contribution in [0.2, 0.25) is 0 Å². The number of hydrogen-bond acceptors (Lipinski definition) is 4. The number of rotatable bonds is 4. The van der Waals surface area contributed by atoms with Crippen LogP contribution in [0.5, 0.6) is 5.75 Å². The smallest absolute Gasteiger partial charge is 0.214 e. The lowest BCUT2D eigenvalue weighted by Gasteiger charge is -2.37. The second-order valence-corrected chi connectivity index (χ2v) is 6.10. The van der Waals surface area contributed by atoms with Crippen LogP contribution in [0.25, 0.3) is 0 Å². The molecule has 0 saturated carbocycles. The highest BCUT2D eigenvalue weighted by atomic mass is 32.2. The van der Waals surface area contributed by atoms with E-state index < -0.39 is 15.3 Å². The maximum atomic E-state index is 11.0. The van der Waals surface area contributed by atoms with Gasteiger partial charge in [0.05, 0.1) is 7.11 Å². The Morgan fingerprint density at radius 2 is 1.94 bits per heavy atom. The highest BCUT2D eigenvalue weighted by Crippen LogP contribution is 2.19. The van der Waals surface area contributed by atoms with Crippen molar-refractivity contribution in [2.75, 3.05) is 20.2 Å². The highest BCUT2D eigenvalue weighted by Gasteiger charge is 2.34. The topological polar surface area (TPSA) is 72.6 Å². The van der Waals surface area contributed by atoms with Gasteiger partial charge in [-0.3, -0.25) is 4.90 Å². The molecule has 6 heteroatoms. The van der Waals surface area contributed by atoms with E-state index in [-0.39, 0.29) is 0 Å². The van der Waals surface area contributed by atoms with Gasteiger partial charge in [-0.25, -0.2) is 13.6 Å². The third-order valence-electron chi connectivity index (χ3n) is 2.95. The number of ether oxygens (including phenoxy) is 1. The average molecular weight is 256 g/mol. The van der Waals surface area contributed by atoms with Gasteiger partial charge in [0, 0.05) is 19.6 Å². The predicted octanol–water partition coefficient (Wildman–Crippen LogP) is 0.168. The first-order valence-electron chi connectivity index (χ1n) is 5.36. The van der Waals surface area contributed by atoms with E-state index >= 15 is 0 Å². The molecule has 94 valence electrons. The number of hydrogen-bond donors (Lipinski definition) is 1. The van der Waals surface area contributed by atoms with Crippen molar-refractivity contribution in [1.29, 1.82) is 0 Å². The van der Waals surface area contributed by atoms with Gasteiger partial charge in [0.2, 0.25) is 10.0 Å². The monoisotopic (exact) mass is 256 g/mol. The zero-order chi connectivity index (χ0) is 12.5. The zero-order valence-electron chi connectivity index (χ0n) is 9.67. The van der Waals surface area contributed by atoms with Gasteiger partial charge in [0.25, 0.3) is 0 Å². The van der Waals surface area contributed by atoms with Crippen molar-refractivity contribution in [3.63, 3.8) is 0 Å². The van der Waals surface area contributed by atoms with Crippen LogP contribution in [0.1, 0.15) is 5.56 Å². The molecule has 1 aromatic carbocycles. The van der Waals surface area contributed by atoms with Gasteiger partial charge in [-0.1, -0.05) is 12.1 Å². The molecule has 1 aromatic rings. The lowest BCUT2D eigenvalue weighted by Crippen LogP contribution is -2.55. The summed E-state index contributed by atoms with van der Waals surface area (Å²) in [4.78, 5) is 2.05. The Morgan fingerprint density at radius 3 is 2.41 bits per heavy atom. The van der Waals surface area contributed by atoms with Crippen LogP contribution >= 0.6 is 0 Å². The number of nitrogens with two attached hydrogens (primary N) is 1. The Bertz CT molecular complexity index is 478. The molecule has 0 unspecified atom stereocenters. The summed E-state index contributed by atoms with van der Waals surface area (Å²) in [5.74, 6) is 0.819. The Hall–Kier alpha value is -1.11. The maximum absolute atomic E-state index is 11.0. The Labute approximate surface area is 101 Å². The number of methoxy groups -OCH3 is 1. The van der Waals surface area contributed by atoms with E-state index in [0.29, 0.717) is 13.1 Å². The SMILES string of the molecule is COc1ccc(CN2CC(S(N)(=O)=O)C2)cc1. The summed E-state index contributed by atoms with van der Waals surface area (Å²) in [7, 11) is -1.74. The molecule has 1 saturated heterocycles. The van der Waals surface area contributed by atoms with Crippen LogP contribution in [0.15, 0.2) is 24.3 Å². The normalized spacial score (nSPS) is 17.8. The number of primary sulfonamides is 1. The average Bonchev–Trinajstić information content (AvgIpc) is 2.22. The fraction of sp³-hybridized carbons (Fsp3) is 0.455. The van der Waals surface area contributed by atoms with Gasteiger partial charge in [0.1, 0.15) is 11.0 Å². The molecular weight excluding hydrogens is 240 g/mol. The van der Waals surface area contributed by atoms with E-state index in [9.17, 15) is 8.42 Å². The molecule has 0 aromatic heterocycles. The highest BCUT2D eigenvalue weighted by molar-refractivity contribution is 7.89. The molecule has 1 aliphatic heterocycles. The Balaban J connectivity index is 1.87. The van der Waals surface area contributed by atoms with E-state index in [1.54, 1.807) is 7.11 Å². The first-order chi connectivity index (χ1) is 7.99. The minimum Gasteiger partial charge on any atom is -0.497 e. The zero-order valence-corrected chi connectivity index (χ0v) is 10.5. The second kappa shape index (κ2) is 4.64. The molecule has 17 heavy (non-hydrogen) atoms. The van der Waals surface area contributed by atoms with Crippen LogP contribution < -0.4 is 9.88 Å². The molecule has 0 bridgehead atoms. The van der Waals surface area contributed by atoms with E-state index in [4.69, 9.17) is 9.88 Å². The number of sulfonamides is 1. The number of likely N-dealkylation sites (tertiary alicyclic amines) is 1. The Morgan fingerprint density at radius 1 is 1.35 bits per heavy atom. The largest absolute Gasteiger partial charge is 0.497 e. The second-order valence-electron chi connectivity index (χ2n) is 4.25. The summed E-state index contributed by atoms with van der Waals surface area (Å²) in [5, 5.41) is 4.66. The minimum absolute atomic E-state index is 0.402. The van der Waals surface area contributed by atoms with Crippen molar-refractivity contribution in [1.82, 2.24) is 4.90 Å². The van der Waals surface area contributed by atoms with Crippen molar-refractivity contribution in [3.8, 4) is 5.75 Å². The van der Waals surface area contributed by atoms with Crippen molar-refractivity contribution in [2.24, 2.45) is 5.14 Å². The molecule has 0 amide bonds. The van der Waals surface area contributed by atoms with Crippen LogP contribution in [0.3, 0.4) is 0 Å². The molecule has 2 rings (SSSR count). The van der Waals surface area contributed by atoms with Gasteiger partial charge >= 0.3 is 0 Å². The first-order valence-corrected chi connectivity index (χ1v) is 6.97. The summed E-state index contributed by atoms with van der Waals surface area (Å²) < 4.78 is 27.1. The minimum atomic E-state index is -3.36. The molecule has 0 atom stereocenters. The fourth-order valence-corrected chi connectivity index (χ4v) is 2.69. The molecule has 0 radical (unpaired) electrons. The summed E-state index contributed by atoms with van der Waals surface area (Å²) >= 11 is 0. The summed E-state index contributed by atoms with van der Waals surface area (Å²) in [6, 6.07) is 7.74. The van der Waals surface area contributed by atoms with Crippen LogP contribution in [-0.4, -0.2) is 38.8 Å². The van der Waals surface area contributed by atoms with Gasteiger partial charge in [-0.15, -0.1) is 0 Å². The fourth-order valence-electron chi connectivity index (χ4n) is 1.85. The van der Waals surface area contributed by atoms with Crippen LogP contribution in [0.4, 0.5) is 0 Å². The van der Waals surface area contributed by atoms with Gasteiger partial charge in [0.15, 0.2) is 0 Å². The number of nitrogens with zero attached hydrogens (tertiary/aromatic N) is 1. The standard InChI is InChI=1S/C11H16N2O3S/c1-16-10-4-2-9(3-5-10)6-13-7-11(8-13)17(12,14)15/h2-5,11H,6-8H2,1H3,(H2,12,14,15). The van der Waals surface area contributed by atoms with Crippen LogP contribution in [0, 0.1) is 0 Å². The molecule has 5 nitrogen and oxygen atoms in total. The van der Waals surface area contributed by atoms with E-state index in [2.05, 4.69) is 4.90 Å². The molecule has 1 aliphatic rings. The van der Waals surface area contributed by atoms with E-state index in [1.165, 1.54) is 0 Å². The molecule has 0 aliphatic carbocycles. The van der Waals surface area contributed by atoms with E-state index in [0.717, 1.165) is 17.9 Å². The summed E-state index contributed by atoms with van der Waals surface area (Å²) in [5.41, 5.74) is 1.14. The third kappa shape index (κ3) is 2.96. The molecule has 1 heterocycles. The molecule has 2 N–H and O–H groups in total. The molecule has 1 fully saturated rings.